The van der Waals surface area contributed by atoms with Crippen LogP contribution < -0.4 is 10.9 Å². The maximum atomic E-state index is 13.6. The molecule has 0 saturated heterocycles. The summed E-state index contributed by atoms with van der Waals surface area (Å²) in [6.07, 6.45) is 0. The maximum Gasteiger partial charge on any atom is 0.272 e. The molecule has 0 fully saturated rings. The van der Waals surface area contributed by atoms with Gasteiger partial charge in [-0.25, -0.2) is 4.39 Å². The van der Waals surface area contributed by atoms with Crippen molar-refractivity contribution in [1.82, 2.24) is 15.1 Å². The highest BCUT2D eigenvalue weighted by atomic mass is 19.1. The van der Waals surface area contributed by atoms with E-state index in [0.29, 0.717) is 11.3 Å². The van der Waals surface area contributed by atoms with Gasteiger partial charge in [0, 0.05) is 18.2 Å². The van der Waals surface area contributed by atoms with Gasteiger partial charge in [-0.15, -0.1) is 0 Å². The summed E-state index contributed by atoms with van der Waals surface area (Å²) in [5.41, 5.74) is 0.676. The van der Waals surface area contributed by atoms with Gasteiger partial charge in [-0.1, -0.05) is 36.4 Å². The van der Waals surface area contributed by atoms with Crippen LogP contribution in [0.5, 0.6) is 0 Å². The van der Waals surface area contributed by atoms with Crippen LogP contribution in [0.4, 0.5) is 4.39 Å². The van der Waals surface area contributed by atoms with Crippen LogP contribution in [0.25, 0.3) is 5.69 Å². The number of hydrogen-bond acceptors (Lipinski definition) is 3. The van der Waals surface area contributed by atoms with Crippen LogP contribution in [0.3, 0.4) is 0 Å². The van der Waals surface area contributed by atoms with Crippen LogP contribution >= 0.6 is 0 Å². The molecule has 2 aromatic carbocycles. The van der Waals surface area contributed by atoms with Gasteiger partial charge in [-0.3, -0.25) is 9.59 Å². The number of hydrogen-bond donors (Lipinski definition) is 1. The number of carbonyl (C=O) groups is 1. The van der Waals surface area contributed by atoms with Gasteiger partial charge in [-0.2, -0.15) is 9.78 Å². The molecule has 24 heavy (non-hydrogen) atoms. The summed E-state index contributed by atoms with van der Waals surface area (Å²) in [7, 11) is 0. The number of benzene rings is 2. The van der Waals surface area contributed by atoms with Gasteiger partial charge in [0.1, 0.15) is 11.5 Å². The quantitative estimate of drug-likeness (QED) is 0.801. The van der Waals surface area contributed by atoms with Crippen molar-refractivity contribution in [3.05, 3.63) is 94.2 Å². The van der Waals surface area contributed by atoms with Crippen molar-refractivity contribution in [2.75, 3.05) is 0 Å². The van der Waals surface area contributed by atoms with Crippen molar-refractivity contribution < 1.29 is 9.18 Å². The summed E-state index contributed by atoms with van der Waals surface area (Å²) in [6.45, 7) is 0.0393. The fourth-order valence-corrected chi connectivity index (χ4v) is 2.19. The predicted octanol–water partition coefficient (Wildman–Crippen LogP) is 2.30. The second-order valence-corrected chi connectivity index (χ2v) is 5.08. The third kappa shape index (κ3) is 3.38. The van der Waals surface area contributed by atoms with Gasteiger partial charge in [-0.05, 0) is 24.3 Å². The zero-order valence-electron chi connectivity index (χ0n) is 12.6. The highest BCUT2D eigenvalue weighted by molar-refractivity contribution is 5.92. The van der Waals surface area contributed by atoms with Crippen LogP contribution in [0.1, 0.15) is 16.1 Å². The molecule has 1 heterocycles. The molecular weight excluding hydrogens is 309 g/mol. The zero-order valence-corrected chi connectivity index (χ0v) is 12.6. The number of carbonyl (C=O) groups excluding carboxylic acids is 1. The van der Waals surface area contributed by atoms with Crippen LogP contribution in [0, 0.1) is 5.82 Å². The predicted molar refractivity (Wildman–Crippen MR) is 87.4 cm³/mol. The molecule has 120 valence electrons. The van der Waals surface area contributed by atoms with E-state index < -0.39 is 5.91 Å². The lowest BCUT2D eigenvalue weighted by Crippen LogP contribution is -2.28. The minimum absolute atomic E-state index is 0.0393. The van der Waals surface area contributed by atoms with E-state index in [1.807, 2.05) is 6.07 Å². The molecule has 0 aliphatic heterocycles. The molecule has 1 amide bonds. The van der Waals surface area contributed by atoms with E-state index in [-0.39, 0.29) is 23.6 Å². The first kappa shape index (κ1) is 15.6. The molecule has 1 aromatic heterocycles. The number of nitrogens with zero attached hydrogens (tertiary/aromatic N) is 2. The van der Waals surface area contributed by atoms with Crippen LogP contribution in [0.2, 0.25) is 0 Å². The monoisotopic (exact) mass is 323 g/mol. The van der Waals surface area contributed by atoms with Crippen LogP contribution in [-0.2, 0) is 6.54 Å². The molecule has 5 nitrogen and oxygen atoms in total. The highest BCUT2D eigenvalue weighted by Gasteiger charge is 2.11. The molecule has 3 aromatic rings. The second-order valence-electron chi connectivity index (χ2n) is 5.08. The Morgan fingerprint density at radius 3 is 2.46 bits per heavy atom. The third-order valence-electron chi connectivity index (χ3n) is 3.43. The summed E-state index contributed by atoms with van der Waals surface area (Å²) < 4.78 is 14.7. The largest absolute Gasteiger partial charge is 0.346 e. The lowest BCUT2D eigenvalue weighted by molar-refractivity contribution is 0.0944. The van der Waals surface area contributed by atoms with Gasteiger partial charge in [0.05, 0.1) is 5.69 Å². The fraction of sp³-hybridized carbons (Fsp3) is 0.0556. The van der Waals surface area contributed by atoms with E-state index in [1.165, 1.54) is 18.2 Å². The van der Waals surface area contributed by atoms with Gasteiger partial charge in [0.15, 0.2) is 0 Å². The fourth-order valence-electron chi connectivity index (χ4n) is 2.19. The van der Waals surface area contributed by atoms with Gasteiger partial charge in [0.25, 0.3) is 11.5 Å². The Morgan fingerprint density at radius 2 is 1.71 bits per heavy atom. The van der Waals surface area contributed by atoms with Crippen molar-refractivity contribution >= 4 is 5.91 Å². The van der Waals surface area contributed by atoms with Gasteiger partial charge < -0.3 is 5.32 Å². The first-order chi connectivity index (χ1) is 11.6. The minimum Gasteiger partial charge on any atom is -0.346 e. The Morgan fingerprint density at radius 1 is 1.00 bits per heavy atom. The molecule has 0 bridgehead atoms. The molecule has 3 rings (SSSR count). The van der Waals surface area contributed by atoms with Gasteiger partial charge >= 0.3 is 0 Å². The van der Waals surface area contributed by atoms with Crippen molar-refractivity contribution in [3.63, 3.8) is 0 Å². The first-order valence-electron chi connectivity index (χ1n) is 7.32. The van der Waals surface area contributed by atoms with E-state index in [1.54, 1.807) is 42.5 Å². The summed E-state index contributed by atoms with van der Waals surface area (Å²) in [4.78, 5) is 24.2. The summed E-state index contributed by atoms with van der Waals surface area (Å²) in [5, 5.41) is 6.67. The average Bonchev–Trinajstić information content (AvgIpc) is 2.62. The Balaban J connectivity index is 1.81. The Hall–Kier alpha value is -3.28. The number of para-hydroxylation sites is 1. The first-order valence-corrected chi connectivity index (χ1v) is 7.32. The molecule has 0 atom stereocenters. The Labute approximate surface area is 137 Å². The molecule has 0 saturated carbocycles. The summed E-state index contributed by atoms with van der Waals surface area (Å²) in [5.74, 6) is -0.872. The summed E-state index contributed by atoms with van der Waals surface area (Å²) >= 11 is 0. The zero-order chi connectivity index (χ0) is 16.9. The minimum atomic E-state index is -0.483. The van der Waals surface area contributed by atoms with E-state index in [9.17, 15) is 14.0 Å². The van der Waals surface area contributed by atoms with E-state index in [2.05, 4.69) is 10.4 Å². The average molecular weight is 323 g/mol. The number of amides is 1. The summed E-state index contributed by atoms with van der Waals surface area (Å²) in [6, 6.07) is 17.6. The number of rotatable bonds is 4. The van der Waals surface area contributed by atoms with E-state index >= 15 is 0 Å². The Bertz CT molecular complexity index is 923. The molecule has 6 heteroatoms. The number of nitrogens with one attached hydrogen (secondary N) is 1. The van der Waals surface area contributed by atoms with Crippen LogP contribution in [0.15, 0.2) is 71.5 Å². The van der Waals surface area contributed by atoms with Crippen molar-refractivity contribution in [2.45, 2.75) is 6.54 Å². The highest BCUT2D eigenvalue weighted by Crippen LogP contribution is 2.06. The standard InChI is InChI=1S/C18H14FN3O2/c19-15-9-5-4-6-13(15)12-20-18(24)16-10-11-17(23)22(21-16)14-7-2-1-3-8-14/h1-11H,12H2,(H,20,24). The third-order valence-corrected chi connectivity index (χ3v) is 3.43. The van der Waals surface area contributed by atoms with Gasteiger partial charge in [0.2, 0.25) is 0 Å². The van der Waals surface area contributed by atoms with Crippen molar-refractivity contribution in [3.8, 4) is 5.69 Å². The Kier molecular flexibility index (Phi) is 4.47. The number of aromatic nitrogens is 2. The lowest BCUT2D eigenvalue weighted by Gasteiger charge is -2.08. The number of halogens is 1. The lowest BCUT2D eigenvalue weighted by atomic mass is 10.2. The molecule has 0 unspecified atom stereocenters. The van der Waals surface area contributed by atoms with Crippen LogP contribution in [-0.4, -0.2) is 15.7 Å². The maximum absolute atomic E-state index is 13.6. The van der Waals surface area contributed by atoms with Crippen molar-refractivity contribution in [2.24, 2.45) is 0 Å². The topological polar surface area (TPSA) is 64.0 Å². The molecule has 0 radical (unpaired) electrons. The SMILES string of the molecule is O=C(NCc1ccccc1F)c1ccc(=O)n(-c2ccccc2)n1. The molecular formula is C18H14FN3O2. The molecule has 0 aliphatic rings. The van der Waals surface area contributed by atoms with E-state index in [0.717, 1.165) is 4.68 Å². The van der Waals surface area contributed by atoms with Crippen molar-refractivity contribution in [1.29, 1.82) is 0 Å². The normalized spacial score (nSPS) is 10.4. The molecule has 0 aliphatic carbocycles. The van der Waals surface area contributed by atoms with E-state index in [4.69, 9.17) is 0 Å². The smallest absolute Gasteiger partial charge is 0.272 e. The second kappa shape index (κ2) is 6.87. The molecule has 0 spiro atoms. The molecule has 1 N–H and O–H groups in total.